The number of Topliss-reactive ketones (excluding diaryl/α,β-unsaturated/α-hetero) is 1. The molecule has 0 fully saturated rings. The second kappa shape index (κ2) is 9.07. The topological polar surface area (TPSA) is 121 Å². The Bertz CT molecular complexity index is 1270. The third kappa shape index (κ3) is 4.79. The molecule has 0 aliphatic carbocycles. The number of hydrogen-bond donors (Lipinski definition) is 0. The van der Waals surface area contributed by atoms with Gasteiger partial charge in [0.25, 0.3) is 5.69 Å². The van der Waals surface area contributed by atoms with Crippen LogP contribution in [0.4, 0.5) is 5.69 Å². The number of sulfone groups is 1. The Kier molecular flexibility index (Phi) is 6.47. The van der Waals surface area contributed by atoms with Crippen molar-refractivity contribution in [2.45, 2.75) is 9.79 Å². The molecule has 0 aliphatic rings. The van der Waals surface area contributed by atoms with Gasteiger partial charge >= 0.3 is 5.97 Å². The summed E-state index contributed by atoms with van der Waals surface area (Å²) in [6.07, 6.45) is 0. The van der Waals surface area contributed by atoms with Crippen molar-refractivity contribution in [3.63, 3.8) is 0 Å². The quantitative estimate of drug-likeness (QED) is 0.225. The fourth-order valence-corrected chi connectivity index (χ4v) is 4.49. The van der Waals surface area contributed by atoms with E-state index in [1.54, 1.807) is 0 Å². The first-order valence-electron chi connectivity index (χ1n) is 8.75. The number of carbonyl (C=O) groups excluding carboxylic acids is 2. The van der Waals surface area contributed by atoms with Gasteiger partial charge in [0.05, 0.1) is 15.4 Å². The summed E-state index contributed by atoms with van der Waals surface area (Å²) in [5.74, 6) is -1.57. The summed E-state index contributed by atoms with van der Waals surface area (Å²) < 4.78 is 31.2. The lowest BCUT2D eigenvalue weighted by atomic mass is 10.1. The number of ketones is 1. The first kappa shape index (κ1) is 22.1. The highest BCUT2D eigenvalue weighted by atomic mass is 35.5. The van der Waals surface area contributed by atoms with Crippen LogP contribution >= 0.6 is 11.6 Å². The molecule has 0 amide bonds. The number of ether oxygens (including phenoxy) is 1. The summed E-state index contributed by atoms with van der Waals surface area (Å²) in [7, 11) is -4.43. The largest absolute Gasteiger partial charge is 0.454 e. The number of para-hydroxylation sites is 1. The SMILES string of the molecule is O=C(COC(=O)c1ccccc1S(=O)(=O)c1ccccc1[N+](=O)[O-])c1ccc(Cl)cc1. The van der Waals surface area contributed by atoms with E-state index in [2.05, 4.69) is 0 Å². The van der Waals surface area contributed by atoms with Crippen LogP contribution in [0.25, 0.3) is 0 Å². The number of rotatable bonds is 7. The van der Waals surface area contributed by atoms with Gasteiger partial charge in [-0.15, -0.1) is 0 Å². The van der Waals surface area contributed by atoms with E-state index in [1.165, 1.54) is 54.6 Å². The zero-order valence-corrected chi connectivity index (χ0v) is 17.3. The minimum absolute atomic E-state index is 0.262. The molecule has 0 atom stereocenters. The van der Waals surface area contributed by atoms with Crippen molar-refractivity contribution in [1.82, 2.24) is 0 Å². The summed E-state index contributed by atoms with van der Waals surface area (Å²) in [4.78, 5) is 34.2. The van der Waals surface area contributed by atoms with Gasteiger partial charge in [-0.05, 0) is 42.5 Å². The summed E-state index contributed by atoms with van der Waals surface area (Å²) in [5.41, 5.74) is -0.703. The van der Waals surface area contributed by atoms with E-state index in [4.69, 9.17) is 16.3 Å². The number of benzene rings is 3. The van der Waals surface area contributed by atoms with Crippen LogP contribution in [0.15, 0.2) is 82.6 Å². The molecule has 0 bridgehead atoms. The second-order valence-electron chi connectivity index (χ2n) is 6.23. The lowest BCUT2D eigenvalue weighted by Crippen LogP contribution is -2.17. The molecule has 0 aromatic heterocycles. The van der Waals surface area contributed by atoms with Crippen LogP contribution in [-0.4, -0.2) is 31.7 Å². The summed E-state index contributed by atoms with van der Waals surface area (Å²) in [5, 5.41) is 11.7. The van der Waals surface area contributed by atoms with Gasteiger partial charge < -0.3 is 4.74 Å². The molecule has 3 rings (SSSR count). The van der Waals surface area contributed by atoms with Crippen LogP contribution in [-0.2, 0) is 14.6 Å². The number of nitrogens with zero attached hydrogens (tertiary/aromatic N) is 1. The molecule has 3 aromatic carbocycles. The minimum atomic E-state index is -4.43. The van der Waals surface area contributed by atoms with E-state index in [0.29, 0.717) is 5.02 Å². The summed E-state index contributed by atoms with van der Waals surface area (Å²) in [6, 6.07) is 15.9. The fraction of sp³-hybridized carbons (Fsp3) is 0.0476. The fourth-order valence-electron chi connectivity index (χ4n) is 2.75. The zero-order valence-electron chi connectivity index (χ0n) is 15.7. The number of nitro benzene ring substituents is 1. The van der Waals surface area contributed by atoms with Crippen LogP contribution in [0.1, 0.15) is 20.7 Å². The third-order valence-corrected chi connectivity index (χ3v) is 6.36. The van der Waals surface area contributed by atoms with Gasteiger partial charge in [-0.1, -0.05) is 35.9 Å². The predicted molar refractivity (Wildman–Crippen MR) is 111 cm³/mol. The van der Waals surface area contributed by atoms with Crippen molar-refractivity contribution in [3.05, 3.63) is 99.1 Å². The number of halogens is 1. The Morgan fingerprint density at radius 3 is 2.13 bits per heavy atom. The standard InChI is InChI=1S/C21H14ClNO7S/c22-15-11-9-14(10-12-15)18(24)13-30-21(25)16-5-1-3-7-19(16)31(28,29)20-8-4-2-6-17(20)23(26)27/h1-12H,13H2. The van der Waals surface area contributed by atoms with E-state index >= 15 is 0 Å². The van der Waals surface area contributed by atoms with Crippen molar-refractivity contribution >= 4 is 38.9 Å². The summed E-state index contributed by atoms with van der Waals surface area (Å²) >= 11 is 5.77. The summed E-state index contributed by atoms with van der Waals surface area (Å²) in [6.45, 7) is -0.625. The number of carbonyl (C=O) groups is 2. The van der Waals surface area contributed by atoms with Crippen LogP contribution in [0.3, 0.4) is 0 Å². The smallest absolute Gasteiger partial charge is 0.339 e. The average molecular weight is 460 g/mol. The maximum atomic E-state index is 13.1. The number of hydrogen-bond acceptors (Lipinski definition) is 7. The number of esters is 1. The van der Waals surface area contributed by atoms with Gasteiger partial charge in [0.15, 0.2) is 12.4 Å². The highest BCUT2D eigenvalue weighted by molar-refractivity contribution is 7.91. The van der Waals surface area contributed by atoms with Crippen LogP contribution < -0.4 is 0 Å². The molecular weight excluding hydrogens is 446 g/mol. The molecule has 0 spiro atoms. The third-order valence-electron chi connectivity index (χ3n) is 4.25. The Labute approximate surface area is 182 Å². The lowest BCUT2D eigenvalue weighted by molar-refractivity contribution is -0.387. The highest BCUT2D eigenvalue weighted by Crippen LogP contribution is 2.31. The first-order chi connectivity index (χ1) is 14.7. The molecule has 0 saturated carbocycles. The van der Waals surface area contributed by atoms with Crippen molar-refractivity contribution in [1.29, 1.82) is 0 Å². The van der Waals surface area contributed by atoms with Crippen molar-refractivity contribution < 1.29 is 27.7 Å². The van der Waals surface area contributed by atoms with Crippen LogP contribution in [0, 0.1) is 10.1 Å². The molecule has 10 heteroatoms. The Morgan fingerprint density at radius 1 is 0.903 bits per heavy atom. The highest BCUT2D eigenvalue weighted by Gasteiger charge is 2.31. The first-order valence-corrected chi connectivity index (χ1v) is 10.6. The van der Waals surface area contributed by atoms with E-state index in [-0.39, 0.29) is 11.1 Å². The van der Waals surface area contributed by atoms with Crippen molar-refractivity contribution in [3.8, 4) is 0 Å². The molecule has 0 saturated heterocycles. The van der Waals surface area contributed by atoms with Gasteiger partial charge in [-0.2, -0.15) is 0 Å². The second-order valence-corrected chi connectivity index (χ2v) is 8.55. The Hall–Kier alpha value is -3.56. The van der Waals surface area contributed by atoms with Crippen LogP contribution in [0.2, 0.25) is 5.02 Å². The monoisotopic (exact) mass is 459 g/mol. The van der Waals surface area contributed by atoms with E-state index in [9.17, 15) is 28.1 Å². The maximum Gasteiger partial charge on any atom is 0.339 e. The molecule has 158 valence electrons. The molecule has 0 heterocycles. The Morgan fingerprint density at radius 2 is 1.48 bits per heavy atom. The van der Waals surface area contributed by atoms with E-state index < -0.39 is 48.6 Å². The maximum absolute atomic E-state index is 13.1. The van der Waals surface area contributed by atoms with E-state index in [0.717, 1.165) is 18.2 Å². The molecule has 0 aliphatic heterocycles. The lowest BCUT2D eigenvalue weighted by Gasteiger charge is -2.11. The molecule has 0 unspecified atom stereocenters. The Balaban J connectivity index is 1.89. The van der Waals surface area contributed by atoms with Gasteiger partial charge in [-0.25, -0.2) is 13.2 Å². The average Bonchev–Trinajstić information content (AvgIpc) is 2.77. The zero-order chi connectivity index (χ0) is 22.6. The van der Waals surface area contributed by atoms with Gasteiger partial charge in [0.2, 0.25) is 9.84 Å². The molecule has 3 aromatic rings. The van der Waals surface area contributed by atoms with Gasteiger partial charge in [-0.3, -0.25) is 14.9 Å². The van der Waals surface area contributed by atoms with Gasteiger partial charge in [0.1, 0.15) is 4.90 Å². The number of nitro groups is 1. The van der Waals surface area contributed by atoms with Crippen molar-refractivity contribution in [2.75, 3.05) is 6.61 Å². The molecule has 0 radical (unpaired) electrons. The predicted octanol–water partition coefficient (Wildman–Crippen LogP) is 4.12. The van der Waals surface area contributed by atoms with E-state index in [1.807, 2.05) is 0 Å². The van der Waals surface area contributed by atoms with Gasteiger partial charge in [0, 0.05) is 16.7 Å². The molecule has 8 nitrogen and oxygen atoms in total. The molecule has 31 heavy (non-hydrogen) atoms. The van der Waals surface area contributed by atoms with Crippen LogP contribution in [0.5, 0.6) is 0 Å². The molecular formula is C21H14ClNO7S. The molecule has 0 N–H and O–H groups in total. The normalized spacial score (nSPS) is 11.0. The minimum Gasteiger partial charge on any atom is -0.454 e. The van der Waals surface area contributed by atoms with Crippen molar-refractivity contribution in [2.24, 2.45) is 0 Å².